The van der Waals surface area contributed by atoms with Gasteiger partial charge in [0.2, 0.25) is 0 Å². The molecule has 0 saturated heterocycles. The summed E-state index contributed by atoms with van der Waals surface area (Å²) in [7, 11) is 0. The first-order chi connectivity index (χ1) is 11.5. The van der Waals surface area contributed by atoms with Crippen LogP contribution in [0.25, 0.3) is 0 Å². The van der Waals surface area contributed by atoms with Crippen LogP contribution in [-0.2, 0) is 20.9 Å². The molecule has 1 aliphatic rings. The molecule has 0 N–H and O–H groups in total. The summed E-state index contributed by atoms with van der Waals surface area (Å²) in [5.41, 5.74) is 1.37. The SMILES string of the molecule is C=C(CO[C@H]1C[C@@H](C)CC[C@@H]1C(C)C)C(=O)OCc1ccccc1. The Bertz CT molecular complexity index is 535. The number of ether oxygens (including phenoxy) is 2. The van der Waals surface area contributed by atoms with Gasteiger partial charge in [0.1, 0.15) is 6.61 Å². The Balaban J connectivity index is 1.79. The molecule has 3 nitrogen and oxygen atoms in total. The Hall–Kier alpha value is -1.61. The minimum absolute atomic E-state index is 0.215. The molecular weight excluding hydrogens is 300 g/mol. The number of benzene rings is 1. The van der Waals surface area contributed by atoms with Gasteiger partial charge in [-0.25, -0.2) is 4.79 Å². The first-order valence-corrected chi connectivity index (χ1v) is 8.97. The van der Waals surface area contributed by atoms with Gasteiger partial charge in [0.15, 0.2) is 0 Å². The van der Waals surface area contributed by atoms with Gasteiger partial charge in [0.25, 0.3) is 0 Å². The Labute approximate surface area is 146 Å². The van der Waals surface area contributed by atoms with Crippen LogP contribution < -0.4 is 0 Å². The van der Waals surface area contributed by atoms with Crippen LogP contribution in [-0.4, -0.2) is 18.7 Å². The summed E-state index contributed by atoms with van der Waals surface area (Å²) < 4.78 is 11.4. The van der Waals surface area contributed by atoms with E-state index < -0.39 is 0 Å². The predicted octanol–water partition coefficient (Wildman–Crippen LogP) is 4.76. The quantitative estimate of drug-likeness (QED) is 0.534. The molecule has 0 radical (unpaired) electrons. The van der Waals surface area contributed by atoms with E-state index in [4.69, 9.17) is 9.47 Å². The Morgan fingerprint density at radius 1 is 1.25 bits per heavy atom. The lowest BCUT2D eigenvalue weighted by atomic mass is 9.75. The lowest BCUT2D eigenvalue weighted by Crippen LogP contribution is -2.35. The molecule has 2 rings (SSSR count). The summed E-state index contributed by atoms with van der Waals surface area (Å²) in [6.07, 6.45) is 3.75. The molecule has 0 amide bonds. The molecule has 0 bridgehead atoms. The van der Waals surface area contributed by atoms with Crippen molar-refractivity contribution in [1.82, 2.24) is 0 Å². The number of carbonyl (C=O) groups excluding carboxylic acids is 1. The van der Waals surface area contributed by atoms with Crippen molar-refractivity contribution in [3.63, 3.8) is 0 Å². The third-order valence-corrected chi connectivity index (χ3v) is 4.93. The van der Waals surface area contributed by atoms with Crippen molar-refractivity contribution < 1.29 is 14.3 Å². The minimum Gasteiger partial charge on any atom is -0.457 e. The Morgan fingerprint density at radius 3 is 2.62 bits per heavy atom. The first-order valence-electron chi connectivity index (χ1n) is 8.97. The zero-order chi connectivity index (χ0) is 17.5. The number of carbonyl (C=O) groups is 1. The fraction of sp³-hybridized carbons (Fsp3) is 0.571. The van der Waals surface area contributed by atoms with Gasteiger partial charge in [-0.3, -0.25) is 0 Å². The van der Waals surface area contributed by atoms with Crippen LogP contribution in [0, 0.1) is 17.8 Å². The third kappa shape index (κ3) is 5.48. The molecule has 0 unspecified atom stereocenters. The van der Waals surface area contributed by atoms with E-state index in [1.54, 1.807) is 0 Å². The predicted molar refractivity (Wildman–Crippen MR) is 96.5 cm³/mol. The highest BCUT2D eigenvalue weighted by Crippen LogP contribution is 2.35. The van der Waals surface area contributed by atoms with E-state index >= 15 is 0 Å². The van der Waals surface area contributed by atoms with Crippen molar-refractivity contribution in [2.75, 3.05) is 6.61 Å². The van der Waals surface area contributed by atoms with Crippen molar-refractivity contribution in [1.29, 1.82) is 0 Å². The maximum atomic E-state index is 12.1. The molecule has 132 valence electrons. The average Bonchev–Trinajstić information content (AvgIpc) is 2.58. The second kappa shape index (κ2) is 9.03. The second-order valence-electron chi connectivity index (χ2n) is 7.34. The van der Waals surface area contributed by atoms with Gasteiger partial charge < -0.3 is 9.47 Å². The van der Waals surface area contributed by atoms with E-state index in [1.807, 2.05) is 30.3 Å². The molecule has 0 aliphatic heterocycles. The van der Waals surface area contributed by atoms with Crippen LogP contribution in [0.3, 0.4) is 0 Å². The monoisotopic (exact) mass is 330 g/mol. The third-order valence-electron chi connectivity index (χ3n) is 4.93. The lowest BCUT2D eigenvalue weighted by molar-refractivity contribution is -0.141. The maximum Gasteiger partial charge on any atom is 0.336 e. The maximum absolute atomic E-state index is 12.1. The molecule has 1 aromatic rings. The van der Waals surface area contributed by atoms with Gasteiger partial charge in [-0.1, -0.05) is 64.1 Å². The molecule has 3 atom stereocenters. The van der Waals surface area contributed by atoms with Gasteiger partial charge in [-0.05, 0) is 36.2 Å². The van der Waals surface area contributed by atoms with E-state index in [0.29, 0.717) is 23.3 Å². The summed E-state index contributed by atoms with van der Waals surface area (Å²) in [5, 5.41) is 0. The molecule has 24 heavy (non-hydrogen) atoms. The van der Waals surface area contributed by atoms with Gasteiger partial charge >= 0.3 is 5.97 Å². The molecule has 1 fully saturated rings. The lowest BCUT2D eigenvalue weighted by Gasteiger charge is -2.37. The van der Waals surface area contributed by atoms with E-state index in [9.17, 15) is 4.79 Å². The van der Waals surface area contributed by atoms with Crippen LogP contribution >= 0.6 is 0 Å². The fourth-order valence-corrected chi connectivity index (χ4v) is 3.40. The zero-order valence-corrected chi connectivity index (χ0v) is 15.2. The molecule has 0 spiro atoms. The van der Waals surface area contributed by atoms with E-state index in [1.165, 1.54) is 12.8 Å². The molecule has 1 aromatic carbocycles. The summed E-state index contributed by atoms with van der Waals surface area (Å²) in [6, 6.07) is 9.66. The fourth-order valence-electron chi connectivity index (χ4n) is 3.40. The number of rotatable bonds is 7. The standard InChI is InChI=1S/C21H30O3/c1-15(2)19-11-10-16(3)12-20(19)23-13-17(4)21(22)24-14-18-8-6-5-7-9-18/h5-9,15-16,19-20H,4,10-14H2,1-3H3/t16-,19+,20-/m0/s1. The van der Waals surface area contributed by atoms with Crippen LogP contribution in [0.2, 0.25) is 0 Å². The highest BCUT2D eigenvalue weighted by Gasteiger charge is 2.31. The van der Waals surface area contributed by atoms with Crippen LogP contribution in [0.4, 0.5) is 0 Å². The second-order valence-corrected chi connectivity index (χ2v) is 7.34. The summed E-state index contributed by atoms with van der Waals surface area (Å²) in [5.74, 6) is 1.47. The summed E-state index contributed by atoms with van der Waals surface area (Å²) in [6.45, 7) is 11.1. The van der Waals surface area contributed by atoms with Crippen molar-refractivity contribution in [2.45, 2.75) is 52.7 Å². The van der Waals surface area contributed by atoms with Gasteiger partial charge in [0, 0.05) is 0 Å². The van der Waals surface area contributed by atoms with Crippen molar-refractivity contribution in [3.05, 3.63) is 48.0 Å². The van der Waals surface area contributed by atoms with Crippen molar-refractivity contribution >= 4 is 5.97 Å². The van der Waals surface area contributed by atoms with Crippen LogP contribution in [0.15, 0.2) is 42.5 Å². The van der Waals surface area contributed by atoms with Gasteiger partial charge in [-0.15, -0.1) is 0 Å². The highest BCUT2D eigenvalue weighted by atomic mass is 16.5. The zero-order valence-electron chi connectivity index (χ0n) is 15.2. The average molecular weight is 330 g/mol. The number of esters is 1. The normalized spacial score (nSPS) is 23.9. The molecule has 1 aliphatic carbocycles. The van der Waals surface area contributed by atoms with E-state index in [-0.39, 0.29) is 25.3 Å². The molecular formula is C21H30O3. The molecule has 0 heterocycles. The minimum atomic E-state index is -0.371. The summed E-state index contributed by atoms with van der Waals surface area (Å²) >= 11 is 0. The highest BCUT2D eigenvalue weighted by molar-refractivity contribution is 5.87. The molecule has 0 aromatic heterocycles. The van der Waals surface area contributed by atoms with E-state index in [0.717, 1.165) is 12.0 Å². The van der Waals surface area contributed by atoms with Crippen molar-refractivity contribution in [3.8, 4) is 0 Å². The number of hydrogen-bond acceptors (Lipinski definition) is 3. The molecule has 1 saturated carbocycles. The van der Waals surface area contributed by atoms with Gasteiger partial charge in [0.05, 0.1) is 18.3 Å². The first kappa shape index (κ1) is 18.7. The van der Waals surface area contributed by atoms with Gasteiger partial charge in [-0.2, -0.15) is 0 Å². The smallest absolute Gasteiger partial charge is 0.336 e. The number of hydrogen-bond donors (Lipinski definition) is 0. The topological polar surface area (TPSA) is 35.5 Å². The Morgan fingerprint density at radius 2 is 1.96 bits per heavy atom. The molecule has 3 heteroatoms. The van der Waals surface area contributed by atoms with Crippen LogP contribution in [0.1, 0.15) is 45.6 Å². The van der Waals surface area contributed by atoms with Crippen molar-refractivity contribution in [2.24, 2.45) is 17.8 Å². The Kier molecular flexibility index (Phi) is 7.04. The largest absolute Gasteiger partial charge is 0.457 e. The van der Waals surface area contributed by atoms with Crippen LogP contribution in [0.5, 0.6) is 0 Å². The summed E-state index contributed by atoms with van der Waals surface area (Å²) in [4.78, 5) is 12.1. The van der Waals surface area contributed by atoms with E-state index in [2.05, 4.69) is 27.4 Å².